The van der Waals surface area contributed by atoms with Gasteiger partial charge in [-0.1, -0.05) is 0 Å². The fourth-order valence-corrected chi connectivity index (χ4v) is 4.39. The predicted octanol–water partition coefficient (Wildman–Crippen LogP) is 0.362. The molecule has 1 spiro atoms. The minimum atomic E-state index is -0.867. The van der Waals surface area contributed by atoms with Gasteiger partial charge >= 0.3 is 5.97 Å². The Kier molecular flexibility index (Phi) is 3.02. The van der Waals surface area contributed by atoms with Crippen LogP contribution in [0.3, 0.4) is 0 Å². The molecular formula is C12H18N2O3S. The Morgan fingerprint density at radius 1 is 1.33 bits per heavy atom. The predicted molar refractivity (Wildman–Crippen MR) is 68.2 cm³/mol. The largest absolute Gasteiger partial charge is 0.480 e. The maximum Gasteiger partial charge on any atom is 0.327 e. The first-order valence-electron chi connectivity index (χ1n) is 6.46. The van der Waals surface area contributed by atoms with Gasteiger partial charge in [-0.05, 0) is 37.8 Å². The number of hydrogen-bond acceptors (Lipinski definition) is 4. The maximum absolute atomic E-state index is 12.4. The molecule has 1 aliphatic carbocycles. The van der Waals surface area contributed by atoms with Gasteiger partial charge < -0.3 is 15.3 Å². The molecule has 2 saturated heterocycles. The zero-order chi connectivity index (χ0) is 12.8. The molecule has 100 valence electrons. The maximum atomic E-state index is 12.4. The van der Waals surface area contributed by atoms with Crippen LogP contribution >= 0.6 is 11.8 Å². The van der Waals surface area contributed by atoms with Crippen LogP contribution in [0.1, 0.15) is 19.3 Å². The third kappa shape index (κ3) is 1.91. The number of piperidine rings is 1. The molecule has 2 N–H and O–H groups in total. The number of carboxylic acids is 1. The van der Waals surface area contributed by atoms with Gasteiger partial charge in [0.25, 0.3) is 0 Å². The van der Waals surface area contributed by atoms with Crippen LogP contribution in [0, 0.1) is 11.3 Å². The number of nitrogens with zero attached hydrogens (tertiary/aromatic N) is 1. The van der Waals surface area contributed by atoms with E-state index in [4.69, 9.17) is 5.11 Å². The molecule has 2 aliphatic heterocycles. The van der Waals surface area contributed by atoms with Crippen LogP contribution in [0.15, 0.2) is 0 Å². The highest BCUT2D eigenvalue weighted by Gasteiger charge is 2.59. The second kappa shape index (κ2) is 4.42. The van der Waals surface area contributed by atoms with Crippen molar-refractivity contribution >= 4 is 23.6 Å². The molecule has 1 saturated carbocycles. The van der Waals surface area contributed by atoms with E-state index in [1.165, 1.54) is 11.8 Å². The van der Waals surface area contributed by atoms with Crippen LogP contribution in [0.2, 0.25) is 0 Å². The van der Waals surface area contributed by atoms with E-state index < -0.39 is 12.0 Å². The van der Waals surface area contributed by atoms with E-state index in [2.05, 4.69) is 5.32 Å². The fraction of sp³-hybridized carbons (Fsp3) is 0.833. The molecular weight excluding hydrogens is 252 g/mol. The van der Waals surface area contributed by atoms with E-state index >= 15 is 0 Å². The molecule has 6 heteroatoms. The molecule has 3 aliphatic rings. The van der Waals surface area contributed by atoms with Gasteiger partial charge in [0, 0.05) is 11.7 Å². The number of rotatable bonds is 2. The molecule has 2 atom stereocenters. The topological polar surface area (TPSA) is 69.6 Å². The highest BCUT2D eigenvalue weighted by molar-refractivity contribution is 7.99. The fourth-order valence-electron chi connectivity index (χ4n) is 3.24. The second-order valence-corrected chi connectivity index (χ2v) is 6.53. The Bertz CT molecular complexity index is 382. The van der Waals surface area contributed by atoms with Crippen molar-refractivity contribution in [1.29, 1.82) is 0 Å². The minimum absolute atomic E-state index is 0.0781. The Labute approximate surface area is 110 Å². The molecule has 0 aromatic heterocycles. The summed E-state index contributed by atoms with van der Waals surface area (Å²) in [4.78, 5) is 25.1. The number of carbonyl (C=O) groups excluding carboxylic acids is 1. The summed E-state index contributed by atoms with van der Waals surface area (Å²) >= 11 is 1.54. The Balaban J connectivity index is 1.67. The van der Waals surface area contributed by atoms with Gasteiger partial charge in [-0.3, -0.25) is 4.79 Å². The molecule has 5 nitrogen and oxygen atoms in total. The Hall–Kier alpha value is -0.750. The number of aliphatic carboxylic acids is 1. The van der Waals surface area contributed by atoms with Crippen LogP contribution in [-0.4, -0.2) is 52.6 Å². The van der Waals surface area contributed by atoms with Crippen molar-refractivity contribution in [2.75, 3.05) is 24.7 Å². The monoisotopic (exact) mass is 270 g/mol. The third-order valence-corrected chi connectivity index (χ3v) is 5.55. The highest BCUT2D eigenvalue weighted by Crippen LogP contribution is 2.59. The Morgan fingerprint density at radius 3 is 2.72 bits per heavy atom. The van der Waals surface area contributed by atoms with Crippen molar-refractivity contribution in [3.63, 3.8) is 0 Å². The van der Waals surface area contributed by atoms with Crippen molar-refractivity contribution < 1.29 is 14.7 Å². The van der Waals surface area contributed by atoms with Gasteiger partial charge in [0.2, 0.25) is 5.91 Å². The van der Waals surface area contributed by atoms with Crippen molar-refractivity contribution in [3.05, 3.63) is 0 Å². The van der Waals surface area contributed by atoms with Crippen molar-refractivity contribution in [1.82, 2.24) is 10.2 Å². The van der Waals surface area contributed by atoms with Crippen LogP contribution in [0.25, 0.3) is 0 Å². The smallest absolute Gasteiger partial charge is 0.327 e. The quantitative estimate of drug-likeness (QED) is 0.758. The van der Waals surface area contributed by atoms with E-state index in [9.17, 15) is 9.59 Å². The molecule has 0 aromatic rings. The van der Waals surface area contributed by atoms with E-state index in [0.717, 1.165) is 32.4 Å². The summed E-state index contributed by atoms with van der Waals surface area (Å²) in [7, 11) is 0. The summed E-state index contributed by atoms with van der Waals surface area (Å²) in [5, 5.41) is 12.4. The lowest BCUT2D eigenvalue weighted by Gasteiger charge is -2.26. The number of amides is 1. The van der Waals surface area contributed by atoms with E-state index in [0.29, 0.717) is 11.6 Å². The number of carbonyl (C=O) groups is 2. The molecule has 0 radical (unpaired) electrons. The summed E-state index contributed by atoms with van der Waals surface area (Å²) in [5.74, 6) is 0.367. The summed E-state index contributed by atoms with van der Waals surface area (Å²) in [6.07, 6.45) is 3.07. The molecule has 3 fully saturated rings. The summed E-state index contributed by atoms with van der Waals surface area (Å²) < 4.78 is 0. The number of carboxylic acid groups (broad SMARTS) is 1. The molecule has 3 rings (SSSR count). The minimum Gasteiger partial charge on any atom is -0.480 e. The van der Waals surface area contributed by atoms with Gasteiger partial charge in [0.15, 0.2) is 0 Å². The van der Waals surface area contributed by atoms with Crippen LogP contribution < -0.4 is 5.32 Å². The van der Waals surface area contributed by atoms with Crippen molar-refractivity contribution in [2.45, 2.75) is 25.3 Å². The van der Waals surface area contributed by atoms with Crippen LogP contribution in [0.4, 0.5) is 0 Å². The molecule has 2 unspecified atom stereocenters. The standard InChI is InChI=1S/C12H18N2O3S/c15-10(14-7-18-6-9(14)11(16)17)8-5-12(8)1-3-13-4-2-12/h8-9,13H,1-7H2,(H,16,17). The molecule has 1 amide bonds. The lowest BCUT2D eigenvalue weighted by molar-refractivity contribution is -0.148. The zero-order valence-corrected chi connectivity index (χ0v) is 11.0. The number of hydrogen-bond donors (Lipinski definition) is 2. The van der Waals surface area contributed by atoms with Gasteiger partial charge in [0.1, 0.15) is 6.04 Å². The molecule has 0 aromatic carbocycles. The summed E-state index contributed by atoms with van der Waals surface area (Å²) in [6.45, 7) is 1.97. The van der Waals surface area contributed by atoms with Gasteiger partial charge in [0.05, 0.1) is 5.88 Å². The second-order valence-electron chi connectivity index (χ2n) is 5.53. The van der Waals surface area contributed by atoms with Crippen LogP contribution in [0.5, 0.6) is 0 Å². The lowest BCUT2D eigenvalue weighted by Crippen LogP contribution is -2.43. The average molecular weight is 270 g/mol. The highest BCUT2D eigenvalue weighted by atomic mass is 32.2. The first-order chi connectivity index (χ1) is 8.64. The molecule has 18 heavy (non-hydrogen) atoms. The third-order valence-electron chi connectivity index (χ3n) is 4.54. The van der Waals surface area contributed by atoms with Crippen molar-refractivity contribution in [2.24, 2.45) is 11.3 Å². The summed E-state index contributed by atoms with van der Waals surface area (Å²) in [5.41, 5.74) is 0.193. The normalized spacial score (nSPS) is 33.7. The van der Waals surface area contributed by atoms with E-state index in [1.54, 1.807) is 4.90 Å². The van der Waals surface area contributed by atoms with Gasteiger partial charge in [-0.15, -0.1) is 11.8 Å². The lowest BCUT2D eigenvalue weighted by atomic mass is 9.91. The summed E-state index contributed by atoms with van der Waals surface area (Å²) in [6, 6.07) is -0.609. The van der Waals surface area contributed by atoms with Crippen LogP contribution in [-0.2, 0) is 9.59 Å². The SMILES string of the molecule is O=C(O)C1CSCN1C(=O)C1CC12CCNCC2. The average Bonchev–Trinajstić information content (AvgIpc) is 2.86. The van der Waals surface area contributed by atoms with Gasteiger partial charge in [-0.2, -0.15) is 0 Å². The zero-order valence-electron chi connectivity index (χ0n) is 10.2. The molecule has 0 bridgehead atoms. The first kappa shape index (κ1) is 12.3. The van der Waals surface area contributed by atoms with Gasteiger partial charge in [-0.25, -0.2) is 4.79 Å². The molecule has 2 heterocycles. The Morgan fingerprint density at radius 2 is 2.06 bits per heavy atom. The number of nitrogens with one attached hydrogen (secondary N) is 1. The van der Waals surface area contributed by atoms with E-state index in [-0.39, 0.29) is 17.2 Å². The number of thioether (sulfide) groups is 1. The first-order valence-corrected chi connectivity index (χ1v) is 7.61. The van der Waals surface area contributed by atoms with Crippen molar-refractivity contribution in [3.8, 4) is 0 Å². The van der Waals surface area contributed by atoms with E-state index in [1.807, 2.05) is 0 Å².